The van der Waals surface area contributed by atoms with Crippen LogP contribution in [0.2, 0.25) is 0 Å². The highest BCUT2D eigenvalue weighted by Crippen LogP contribution is 2.28. The van der Waals surface area contributed by atoms with Crippen LogP contribution in [0.5, 0.6) is 0 Å². The third kappa shape index (κ3) is 11.6. The van der Waals surface area contributed by atoms with E-state index in [0.717, 1.165) is 11.1 Å². The average molecular weight is 804 g/mol. The molecule has 3 aliphatic heterocycles. The van der Waals surface area contributed by atoms with Crippen molar-refractivity contribution in [2.45, 2.75) is 74.0 Å². The Hall–Kier alpha value is -6.25. The summed E-state index contributed by atoms with van der Waals surface area (Å²) in [6.45, 7) is 0. The van der Waals surface area contributed by atoms with E-state index in [1.54, 1.807) is 42.5 Å². The van der Waals surface area contributed by atoms with E-state index < -0.39 is 72.2 Å². The number of carboxylic acid groups (broad SMARTS) is 1. The summed E-state index contributed by atoms with van der Waals surface area (Å²) < 4.78 is 0. The number of carbonyl (C=O) groups excluding carboxylic acids is 5. The quantitative estimate of drug-likeness (QED) is 0.130. The van der Waals surface area contributed by atoms with E-state index in [1.165, 1.54) is 23.9 Å². The minimum Gasteiger partial charge on any atom is -0.480 e. The molecule has 4 aromatic carbocycles. The van der Waals surface area contributed by atoms with Crippen LogP contribution in [0.3, 0.4) is 0 Å². The van der Waals surface area contributed by atoms with E-state index in [0.29, 0.717) is 23.1 Å². The smallest absolute Gasteiger partial charge is 0.326 e. The zero-order valence-corrected chi connectivity index (χ0v) is 32.3. The van der Waals surface area contributed by atoms with Gasteiger partial charge in [-0.15, -0.1) is 11.8 Å². The summed E-state index contributed by atoms with van der Waals surface area (Å²) in [5.74, 6) is -5.06. The maximum Gasteiger partial charge on any atom is 0.326 e. The Bertz CT molecular complexity index is 2110. The predicted octanol–water partition coefficient (Wildman–Crippen LogP) is 3.52. The zero-order chi connectivity index (χ0) is 41.0. The summed E-state index contributed by atoms with van der Waals surface area (Å²) >= 11 is 1.50. The molecular formula is C44H45N5O8S. The lowest BCUT2D eigenvalue weighted by Gasteiger charge is -2.27. The highest BCUT2D eigenvalue weighted by molar-refractivity contribution is 8.03. The van der Waals surface area contributed by atoms with Crippen LogP contribution in [0.1, 0.15) is 36.0 Å². The third-order valence-electron chi connectivity index (χ3n) is 9.92. The first-order valence-electron chi connectivity index (χ1n) is 19.0. The molecule has 7 rings (SSSR count). The summed E-state index contributed by atoms with van der Waals surface area (Å²) in [4.78, 5) is 81.2. The van der Waals surface area contributed by atoms with Crippen LogP contribution < -0.4 is 26.6 Å². The summed E-state index contributed by atoms with van der Waals surface area (Å²) in [6, 6.07) is 27.2. The Labute approximate surface area is 340 Å². The molecule has 58 heavy (non-hydrogen) atoms. The lowest BCUT2D eigenvalue weighted by atomic mass is 9.99. The van der Waals surface area contributed by atoms with Crippen molar-refractivity contribution in [3.63, 3.8) is 0 Å². The number of hydrogen-bond donors (Lipinski definition) is 7. The van der Waals surface area contributed by atoms with Gasteiger partial charge in [0, 0.05) is 30.2 Å². The number of aliphatic hydroxyl groups excluding tert-OH is 1. The Morgan fingerprint density at radius 2 is 1.19 bits per heavy atom. The molecule has 14 heteroatoms. The van der Waals surface area contributed by atoms with Crippen molar-refractivity contribution in [2.75, 3.05) is 5.32 Å². The van der Waals surface area contributed by atoms with Gasteiger partial charge in [-0.25, -0.2) is 4.79 Å². The van der Waals surface area contributed by atoms with Gasteiger partial charge in [-0.3, -0.25) is 24.0 Å². The lowest BCUT2D eigenvalue weighted by molar-refractivity contribution is -0.142. The summed E-state index contributed by atoms with van der Waals surface area (Å²) in [7, 11) is 0. The zero-order valence-electron chi connectivity index (χ0n) is 31.5. The van der Waals surface area contributed by atoms with Crippen molar-refractivity contribution >= 4 is 53.0 Å². The number of aliphatic hydroxyl groups is 1. The van der Waals surface area contributed by atoms with Crippen LogP contribution in [-0.4, -0.2) is 81.2 Å². The normalized spacial score (nSPS) is 23.4. The molecule has 0 radical (unpaired) electrons. The van der Waals surface area contributed by atoms with Gasteiger partial charge in [0.2, 0.25) is 23.6 Å². The number of fused-ring (bicyclic) bond motifs is 18. The molecular weight excluding hydrogens is 759 g/mol. The molecule has 4 aromatic rings. The van der Waals surface area contributed by atoms with Gasteiger partial charge in [0.05, 0.1) is 6.42 Å². The molecule has 0 saturated heterocycles. The number of aliphatic carboxylic acids is 1. The largest absolute Gasteiger partial charge is 0.480 e. The van der Waals surface area contributed by atoms with E-state index in [9.17, 15) is 39.0 Å². The van der Waals surface area contributed by atoms with Crippen molar-refractivity contribution in [1.82, 2.24) is 21.3 Å². The molecule has 13 nitrogen and oxygen atoms in total. The fourth-order valence-corrected chi connectivity index (χ4v) is 7.74. The van der Waals surface area contributed by atoms with Gasteiger partial charge in [0.15, 0.2) is 0 Å². The second kappa shape index (κ2) is 19.7. The fourth-order valence-electron chi connectivity index (χ4n) is 6.77. The highest BCUT2D eigenvalue weighted by atomic mass is 32.2. The predicted molar refractivity (Wildman–Crippen MR) is 220 cm³/mol. The van der Waals surface area contributed by atoms with Crippen molar-refractivity contribution < 1.29 is 39.0 Å². The molecule has 1 unspecified atom stereocenters. The first-order chi connectivity index (χ1) is 28.0. The maximum absolute atomic E-state index is 14.4. The van der Waals surface area contributed by atoms with Gasteiger partial charge in [-0.1, -0.05) is 103 Å². The molecule has 0 fully saturated rings. The van der Waals surface area contributed by atoms with Crippen LogP contribution >= 0.6 is 11.8 Å². The number of carbonyl (C=O) groups is 6. The van der Waals surface area contributed by atoms with Crippen LogP contribution in [0, 0.1) is 0 Å². The second-order valence-corrected chi connectivity index (χ2v) is 15.5. The number of benzene rings is 4. The lowest BCUT2D eigenvalue weighted by Crippen LogP contribution is -2.59. The van der Waals surface area contributed by atoms with Crippen molar-refractivity contribution in [1.29, 1.82) is 0 Å². The SMILES string of the molecule is O=C1C[C@@H](O)C(=O)Nc2ccc(cc2)C[C@H](C(=O)O)NC(=O)[C@@H](Cc2ccccc2)NC(=O)[C@@H](Cc2ccc(-c3ccccc3)cc2)NC(=O)[C@H](CC2CC=CS2)N1. The van der Waals surface area contributed by atoms with Gasteiger partial charge in [-0.2, -0.15) is 0 Å². The summed E-state index contributed by atoms with van der Waals surface area (Å²) in [6.07, 6.45) is 0.253. The van der Waals surface area contributed by atoms with Crippen molar-refractivity contribution in [3.8, 4) is 11.1 Å². The molecule has 6 atom stereocenters. The molecule has 0 saturated carbocycles. The molecule has 7 N–H and O–H groups in total. The molecule has 5 amide bonds. The number of amides is 5. The molecule has 3 heterocycles. The minimum atomic E-state index is -1.76. The Kier molecular flexibility index (Phi) is 14.1. The molecule has 300 valence electrons. The number of anilines is 1. The monoisotopic (exact) mass is 803 g/mol. The number of carboxylic acids is 1. The number of allylic oxidation sites excluding steroid dienone is 1. The number of thioether (sulfide) groups is 1. The van der Waals surface area contributed by atoms with E-state index in [1.807, 2.05) is 66.1 Å². The van der Waals surface area contributed by atoms with E-state index in [2.05, 4.69) is 26.6 Å². The van der Waals surface area contributed by atoms with Gasteiger partial charge in [-0.05, 0) is 58.2 Å². The van der Waals surface area contributed by atoms with Gasteiger partial charge < -0.3 is 36.8 Å². The summed E-state index contributed by atoms with van der Waals surface area (Å²) in [5.41, 5.74) is 4.12. The number of rotatable bonds is 8. The van der Waals surface area contributed by atoms with Gasteiger partial charge >= 0.3 is 5.97 Å². The van der Waals surface area contributed by atoms with Crippen LogP contribution in [0.15, 0.2) is 121 Å². The molecule has 2 bridgehead atoms. The van der Waals surface area contributed by atoms with Gasteiger partial charge in [0.25, 0.3) is 5.91 Å². The topological polar surface area (TPSA) is 203 Å². The molecule has 0 spiro atoms. The van der Waals surface area contributed by atoms with Crippen LogP contribution in [0.4, 0.5) is 5.69 Å². The standard InChI is InChI=1S/C44H45N5O8S/c50-38-26-39(51)46-36(25-33-12-7-21-58-33)42(54)48-35(23-28-13-17-31(18-14-28)30-10-5-2-6-11-30)40(52)47-34(22-27-8-3-1-4-9-27)41(53)49-37(44(56)57)24-29-15-19-32(20-16-29)45-43(38)55/h1-11,13-21,33-38,50H,12,22-26H2,(H,45,55)(H,46,51)(H,47,52)(H,48,54)(H,49,53)(H,56,57)/t33?,34-,35-,36+,37-,38-/m1/s1. The fraction of sp³-hybridized carbons (Fsp3) is 0.273. The van der Waals surface area contributed by atoms with E-state index >= 15 is 0 Å². The minimum absolute atomic E-state index is 0.000815. The molecule has 0 aliphatic carbocycles. The first kappa shape index (κ1) is 41.4. The second-order valence-electron chi connectivity index (χ2n) is 14.3. The van der Waals surface area contributed by atoms with Gasteiger partial charge in [0.1, 0.15) is 30.3 Å². The summed E-state index contributed by atoms with van der Waals surface area (Å²) in [5, 5.41) is 36.1. The Morgan fingerprint density at radius 1 is 0.621 bits per heavy atom. The average Bonchev–Trinajstić information content (AvgIpc) is 3.74. The maximum atomic E-state index is 14.4. The highest BCUT2D eigenvalue weighted by Gasteiger charge is 2.34. The Balaban J connectivity index is 1.34. The van der Waals surface area contributed by atoms with E-state index in [-0.39, 0.29) is 36.6 Å². The van der Waals surface area contributed by atoms with Crippen molar-refractivity contribution in [2.24, 2.45) is 0 Å². The molecule has 3 aliphatic rings. The van der Waals surface area contributed by atoms with Crippen molar-refractivity contribution in [3.05, 3.63) is 137 Å². The first-order valence-corrected chi connectivity index (χ1v) is 19.9. The van der Waals surface area contributed by atoms with E-state index in [4.69, 9.17) is 0 Å². The Morgan fingerprint density at radius 3 is 1.79 bits per heavy atom. The van der Waals surface area contributed by atoms with Crippen LogP contribution in [0.25, 0.3) is 11.1 Å². The number of nitrogens with one attached hydrogen (secondary N) is 5. The number of hydrogen-bond acceptors (Lipinski definition) is 8. The third-order valence-corrected chi connectivity index (χ3v) is 11.0. The molecule has 0 aromatic heterocycles. The van der Waals surface area contributed by atoms with Crippen LogP contribution in [-0.2, 0) is 48.0 Å².